The number of aliphatic hydroxyl groups is 1. The van der Waals surface area contributed by atoms with E-state index in [1.807, 2.05) is 68.6 Å². The summed E-state index contributed by atoms with van der Waals surface area (Å²) in [5, 5.41) is 13.2. The Morgan fingerprint density at radius 3 is 2.39 bits per heavy atom. The third-order valence-corrected chi connectivity index (χ3v) is 6.55. The molecule has 3 aromatic rings. The zero-order chi connectivity index (χ0) is 22.3. The molecule has 0 spiro atoms. The first-order valence-electron chi connectivity index (χ1n) is 9.90. The Kier molecular flexibility index (Phi) is 5.41. The topological polar surface area (TPSA) is 66.8 Å². The number of anilines is 1. The lowest BCUT2D eigenvalue weighted by Gasteiger charge is -2.25. The van der Waals surface area contributed by atoms with Crippen molar-refractivity contribution in [2.75, 3.05) is 12.0 Å². The summed E-state index contributed by atoms with van der Waals surface area (Å²) >= 11 is 1.45. The van der Waals surface area contributed by atoms with Gasteiger partial charge in [0, 0.05) is 16.1 Å². The van der Waals surface area contributed by atoms with Crippen LogP contribution >= 0.6 is 11.3 Å². The predicted octanol–water partition coefficient (Wildman–Crippen LogP) is 5.31. The fourth-order valence-electron chi connectivity index (χ4n) is 4.04. The average Bonchev–Trinajstić information content (AvgIpc) is 3.37. The number of hydrogen-bond acceptors (Lipinski definition) is 5. The molecule has 0 bridgehead atoms. The van der Waals surface area contributed by atoms with Gasteiger partial charge in [0.15, 0.2) is 0 Å². The van der Waals surface area contributed by atoms with Crippen molar-refractivity contribution in [1.82, 2.24) is 0 Å². The van der Waals surface area contributed by atoms with Gasteiger partial charge in [-0.25, -0.2) is 0 Å². The van der Waals surface area contributed by atoms with Gasteiger partial charge >= 0.3 is 0 Å². The summed E-state index contributed by atoms with van der Waals surface area (Å²) in [7, 11) is 1.59. The minimum absolute atomic E-state index is 0.100. The van der Waals surface area contributed by atoms with E-state index < -0.39 is 17.7 Å². The minimum atomic E-state index is -0.692. The van der Waals surface area contributed by atoms with Crippen molar-refractivity contribution in [2.24, 2.45) is 0 Å². The number of carbonyl (C=O) groups excluding carboxylic acids is 2. The smallest absolute Gasteiger partial charge is 0.300 e. The minimum Gasteiger partial charge on any atom is -0.507 e. The lowest BCUT2D eigenvalue weighted by molar-refractivity contribution is -0.132. The molecule has 0 radical (unpaired) electrons. The maximum atomic E-state index is 13.2. The number of benzene rings is 2. The lowest BCUT2D eigenvalue weighted by Crippen LogP contribution is -2.29. The van der Waals surface area contributed by atoms with Gasteiger partial charge in [-0.3, -0.25) is 14.5 Å². The molecule has 31 heavy (non-hydrogen) atoms. The molecule has 2 heterocycles. The van der Waals surface area contributed by atoms with Crippen LogP contribution in [0.25, 0.3) is 5.76 Å². The maximum Gasteiger partial charge on any atom is 0.300 e. The number of aliphatic hydroxyl groups excluding tert-OH is 1. The number of para-hydroxylation sites is 1. The number of carbonyl (C=O) groups is 2. The number of ketones is 1. The van der Waals surface area contributed by atoms with Gasteiger partial charge in [0.1, 0.15) is 17.6 Å². The van der Waals surface area contributed by atoms with Gasteiger partial charge in [0.05, 0.1) is 12.7 Å². The van der Waals surface area contributed by atoms with Crippen LogP contribution in [0.1, 0.15) is 33.2 Å². The first-order valence-corrected chi connectivity index (χ1v) is 10.8. The highest BCUT2D eigenvalue weighted by Crippen LogP contribution is 2.44. The summed E-state index contributed by atoms with van der Waals surface area (Å²) in [5.41, 5.74) is 3.74. The molecule has 1 aliphatic rings. The van der Waals surface area contributed by atoms with Crippen LogP contribution in [0.2, 0.25) is 0 Å². The summed E-state index contributed by atoms with van der Waals surface area (Å²) in [5.74, 6) is -0.801. The van der Waals surface area contributed by atoms with Crippen LogP contribution in [-0.2, 0) is 9.59 Å². The number of rotatable bonds is 4. The molecule has 6 heteroatoms. The number of thiophene rings is 1. The van der Waals surface area contributed by atoms with E-state index in [1.165, 1.54) is 16.2 Å². The Bertz CT molecular complexity index is 1210. The number of nitrogens with zero attached hydrogens (tertiary/aromatic N) is 1. The zero-order valence-electron chi connectivity index (χ0n) is 17.8. The number of methoxy groups -OCH3 is 1. The Hall–Kier alpha value is -3.38. The largest absolute Gasteiger partial charge is 0.507 e. The predicted molar refractivity (Wildman–Crippen MR) is 123 cm³/mol. The molecular weight excluding hydrogens is 410 g/mol. The molecule has 0 saturated carbocycles. The molecule has 1 saturated heterocycles. The van der Waals surface area contributed by atoms with Gasteiger partial charge in [0.2, 0.25) is 0 Å². The first kappa shape index (κ1) is 20.9. The van der Waals surface area contributed by atoms with Gasteiger partial charge in [-0.1, -0.05) is 24.3 Å². The Balaban J connectivity index is 1.97. The second-order valence-electron chi connectivity index (χ2n) is 7.61. The second-order valence-corrected chi connectivity index (χ2v) is 8.59. The van der Waals surface area contributed by atoms with Crippen LogP contribution < -0.4 is 9.64 Å². The number of aryl methyl sites for hydroxylation is 3. The second kappa shape index (κ2) is 8.04. The van der Waals surface area contributed by atoms with Crippen molar-refractivity contribution in [1.29, 1.82) is 0 Å². The first-order chi connectivity index (χ1) is 14.8. The lowest BCUT2D eigenvalue weighted by atomic mass is 9.95. The number of Topliss-reactive ketones (excluding diaryl/α,β-unsaturated/α-hetero) is 1. The maximum absolute atomic E-state index is 13.2. The highest BCUT2D eigenvalue weighted by molar-refractivity contribution is 7.10. The Morgan fingerprint density at radius 2 is 1.74 bits per heavy atom. The van der Waals surface area contributed by atoms with E-state index >= 15 is 0 Å². The van der Waals surface area contributed by atoms with E-state index in [0.29, 0.717) is 17.0 Å². The average molecular weight is 434 g/mol. The van der Waals surface area contributed by atoms with E-state index in [1.54, 1.807) is 13.2 Å². The monoisotopic (exact) mass is 433 g/mol. The van der Waals surface area contributed by atoms with Crippen LogP contribution in [0.5, 0.6) is 5.75 Å². The van der Waals surface area contributed by atoms with Crippen molar-refractivity contribution >= 4 is 34.5 Å². The van der Waals surface area contributed by atoms with Crippen molar-refractivity contribution in [3.63, 3.8) is 0 Å². The van der Waals surface area contributed by atoms with Crippen LogP contribution in [-0.4, -0.2) is 23.9 Å². The molecule has 1 atom stereocenters. The van der Waals surface area contributed by atoms with E-state index in [-0.39, 0.29) is 11.3 Å². The summed E-state index contributed by atoms with van der Waals surface area (Å²) in [4.78, 5) is 28.7. The molecule has 0 aliphatic carbocycles. The number of amides is 1. The quantitative estimate of drug-likeness (QED) is 0.344. The third-order valence-electron chi connectivity index (χ3n) is 5.63. The van der Waals surface area contributed by atoms with Gasteiger partial charge in [-0.15, -0.1) is 11.3 Å². The molecule has 1 aromatic heterocycles. The number of hydrogen-bond donors (Lipinski definition) is 1. The number of ether oxygens (including phenoxy) is 1. The van der Waals surface area contributed by atoms with Gasteiger partial charge in [-0.2, -0.15) is 0 Å². The van der Waals surface area contributed by atoms with Crippen molar-refractivity contribution < 1.29 is 19.4 Å². The molecule has 1 N–H and O–H groups in total. The standard InChI is InChI=1S/C25H23NO4S/c1-14-8-5-6-9-18(14)26-22(20-10-7-11-31-20)21(24(28)25(26)29)23(27)17-12-16(3)19(30-4)13-15(17)2/h5-13,22,27H,1-4H3/b23-21-. The van der Waals surface area contributed by atoms with E-state index in [9.17, 15) is 14.7 Å². The van der Waals surface area contributed by atoms with E-state index in [4.69, 9.17) is 4.74 Å². The van der Waals surface area contributed by atoms with E-state index in [2.05, 4.69) is 0 Å². The van der Waals surface area contributed by atoms with Gasteiger partial charge < -0.3 is 9.84 Å². The molecule has 158 valence electrons. The molecule has 1 amide bonds. The van der Waals surface area contributed by atoms with E-state index in [0.717, 1.165) is 21.6 Å². The summed E-state index contributed by atoms with van der Waals surface area (Å²) < 4.78 is 5.37. The summed E-state index contributed by atoms with van der Waals surface area (Å²) in [6.45, 7) is 5.61. The van der Waals surface area contributed by atoms with Gasteiger partial charge in [0.25, 0.3) is 11.7 Å². The zero-order valence-corrected chi connectivity index (χ0v) is 18.6. The van der Waals surface area contributed by atoms with Crippen LogP contribution in [0.15, 0.2) is 59.5 Å². The van der Waals surface area contributed by atoms with Crippen LogP contribution in [0, 0.1) is 20.8 Å². The van der Waals surface area contributed by atoms with Crippen LogP contribution in [0.3, 0.4) is 0 Å². The SMILES string of the molecule is COc1cc(C)c(/C(O)=C2/C(=O)C(=O)N(c3ccccc3C)C2c2cccs2)cc1C. The van der Waals surface area contributed by atoms with Crippen molar-refractivity contribution in [3.8, 4) is 5.75 Å². The fourth-order valence-corrected chi connectivity index (χ4v) is 4.86. The molecule has 1 fully saturated rings. The Morgan fingerprint density at radius 1 is 1.00 bits per heavy atom. The highest BCUT2D eigenvalue weighted by atomic mass is 32.1. The molecule has 5 nitrogen and oxygen atoms in total. The van der Waals surface area contributed by atoms with Gasteiger partial charge in [-0.05, 0) is 67.1 Å². The Labute approximate surface area is 185 Å². The van der Waals surface area contributed by atoms with Crippen molar-refractivity contribution in [2.45, 2.75) is 26.8 Å². The summed E-state index contributed by atoms with van der Waals surface area (Å²) in [6, 6.07) is 14.1. The highest BCUT2D eigenvalue weighted by Gasteiger charge is 2.47. The molecule has 2 aromatic carbocycles. The third kappa shape index (κ3) is 3.43. The normalized spacial score (nSPS) is 17.9. The fraction of sp³-hybridized carbons (Fsp3) is 0.200. The summed E-state index contributed by atoms with van der Waals surface area (Å²) in [6.07, 6.45) is 0. The molecular formula is C25H23NO4S. The van der Waals surface area contributed by atoms with Crippen LogP contribution in [0.4, 0.5) is 5.69 Å². The molecule has 1 aliphatic heterocycles. The molecule has 4 rings (SSSR count). The van der Waals surface area contributed by atoms with Crippen molar-refractivity contribution in [3.05, 3.63) is 86.6 Å². The molecule has 1 unspecified atom stereocenters.